The van der Waals surface area contributed by atoms with Gasteiger partial charge in [0.05, 0.1) is 6.61 Å². The summed E-state index contributed by atoms with van der Waals surface area (Å²) in [4.78, 5) is 4.26. The Balaban J connectivity index is 1.87. The zero-order chi connectivity index (χ0) is 13.2. The van der Waals surface area contributed by atoms with E-state index in [2.05, 4.69) is 31.4 Å². The van der Waals surface area contributed by atoms with Gasteiger partial charge >= 0.3 is 0 Å². The molecule has 0 bridgehead atoms. The van der Waals surface area contributed by atoms with Crippen molar-refractivity contribution in [2.75, 3.05) is 19.7 Å². The van der Waals surface area contributed by atoms with Gasteiger partial charge in [0, 0.05) is 23.1 Å². The van der Waals surface area contributed by atoms with Gasteiger partial charge in [-0.3, -0.25) is 0 Å². The van der Waals surface area contributed by atoms with Crippen molar-refractivity contribution >= 4 is 15.9 Å². The number of morpholine rings is 1. The zero-order valence-corrected chi connectivity index (χ0v) is 11.5. The molecule has 3 rings (SSSR count). The van der Waals surface area contributed by atoms with Crippen LogP contribution in [0.3, 0.4) is 0 Å². The molecule has 5 nitrogen and oxygen atoms in total. The van der Waals surface area contributed by atoms with E-state index in [1.54, 1.807) is 6.07 Å². The van der Waals surface area contributed by atoms with Crippen molar-refractivity contribution < 1.29 is 13.7 Å². The Hall–Kier alpha value is -1.31. The summed E-state index contributed by atoms with van der Waals surface area (Å²) in [5.41, 5.74) is 0.536. The molecule has 0 radical (unpaired) electrons. The SMILES string of the molecule is Fc1cc(Br)cc(-c2nc(C3CNCCO3)no2)c1. The highest BCUT2D eigenvalue weighted by molar-refractivity contribution is 9.10. The number of hydrogen-bond donors (Lipinski definition) is 1. The minimum atomic E-state index is -0.361. The fourth-order valence-electron chi connectivity index (χ4n) is 1.89. The molecule has 1 aliphatic rings. The summed E-state index contributed by atoms with van der Waals surface area (Å²) in [6.45, 7) is 2.07. The van der Waals surface area contributed by atoms with Gasteiger partial charge in [-0.25, -0.2) is 4.39 Å². The Labute approximate surface area is 117 Å². The topological polar surface area (TPSA) is 60.2 Å². The van der Waals surface area contributed by atoms with Gasteiger partial charge in [0.25, 0.3) is 5.89 Å². The molecular formula is C12H11BrFN3O2. The fraction of sp³-hybridized carbons (Fsp3) is 0.333. The summed E-state index contributed by atoms with van der Waals surface area (Å²) >= 11 is 3.23. The fourth-order valence-corrected chi connectivity index (χ4v) is 2.36. The van der Waals surface area contributed by atoms with Crippen LogP contribution in [0, 0.1) is 5.82 Å². The number of ether oxygens (including phenoxy) is 1. The highest BCUT2D eigenvalue weighted by atomic mass is 79.9. The van der Waals surface area contributed by atoms with Gasteiger partial charge < -0.3 is 14.6 Å². The minimum Gasteiger partial charge on any atom is -0.367 e. The molecule has 1 aliphatic heterocycles. The lowest BCUT2D eigenvalue weighted by Gasteiger charge is -2.20. The smallest absolute Gasteiger partial charge is 0.258 e. The lowest BCUT2D eigenvalue weighted by atomic mass is 10.2. The lowest BCUT2D eigenvalue weighted by molar-refractivity contribution is 0.0208. The van der Waals surface area contributed by atoms with Gasteiger partial charge in [-0.2, -0.15) is 4.98 Å². The minimum absolute atomic E-state index is 0.219. The Kier molecular flexibility index (Phi) is 3.58. The normalized spacial score (nSPS) is 19.6. The zero-order valence-electron chi connectivity index (χ0n) is 9.90. The molecule has 1 atom stereocenters. The summed E-state index contributed by atoms with van der Waals surface area (Å²) in [5.74, 6) is 0.395. The van der Waals surface area contributed by atoms with Crippen LogP contribution in [0.4, 0.5) is 4.39 Å². The van der Waals surface area contributed by atoms with Crippen LogP contribution in [-0.4, -0.2) is 29.8 Å². The maximum atomic E-state index is 13.3. The number of rotatable bonds is 2. The number of benzene rings is 1. The molecule has 2 heterocycles. The van der Waals surface area contributed by atoms with Crippen LogP contribution in [-0.2, 0) is 4.74 Å². The van der Waals surface area contributed by atoms with E-state index in [-0.39, 0.29) is 17.8 Å². The molecule has 7 heteroatoms. The number of aromatic nitrogens is 2. The molecular weight excluding hydrogens is 317 g/mol. The monoisotopic (exact) mass is 327 g/mol. The van der Waals surface area contributed by atoms with E-state index in [1.807, 2.05) is 0 Å². The van der Waals surface area contributed by atoms with Gasteiger partial charge in [0.2, 0.25) is 5.82 Å². The summed E-state index contributed by atoms with van der Waals surface area (Å²) in [5, 5.41) is 7.07. The number of hydrogen-bond acceptors (Lipinski definition) is 5. The van der Waals surface area contributed by atoms with Crippen LogP contribution in [0.5, 0.6) is 0 Å². The summed E-state index contributed by atoms with van der Waals surface area (Å²) in [7, 11) is 0. The largest absolute Gasteiger partial charge is 0.367 e. The second kappa shape index (κ2) is 5.36. The van der Waals surface area contributed by atoms with Crippen molar-refractivity contribution in [2.45, 2.75) is 6.10 Å². The average Bonchev–Trinajstić information content (AvgIpc) is 2.88. The van der Waals surface area contributed by atoms with E-state index >= 15 is 0 Å². The first kappa shape index (κ1) is 12.7. The first-order valence-corrected chi connectivity index (χ1v) is 6.64. The molecule has 100 valence electrons. The molecule has 0 amide bonds. The molecule has 1 unspecified atom stereocenters. The van der Waals surface area contributed by atoms with Crippen molar-refractivity contribution in [1.82, 2.24) is 15.5 Å². The van der Waals surface area contributed by atoms with Crippen LogP contribution in [0.15, 0.2) is 27.2 Å². The standard InChI is InChI=1S/C12H11BrFN3O2/c13-8-3-7(4-9(14)5-8)12-16-11(17-19-12)10-6-15-1-2-18-10/h3-5,10,15H,1-2,6H2. The van der Waals surface area contributed by atoms with Gasteiger partial charge in [-0.05, 0) is 18.2 Å². The lowest BCUT2D eigenvalue weighted by Crippen LogP contribution is -2.33. The van der Waals surface area contributed by atoms with Crippen LogP contribution in [0.1, 0.15) is 11.9 Å². The van der Waals surface area contributed by atoms with E-state index in [4.69, 9.17) is 9.26 Å². The number of nitrogens with zero attached hydrogens (tertiary/aromatic N) is 2. The molecule has 1 saturated heterocycles. The molecule has 2 aromatic rings. The Bertz CT molecular complexity index is 564. The quantitative estimate of drug-likeness (QED) is 0.917. The van der Waals surface area contributed by atoms with Crippen LogP contribution in [0.25, 0.3) is 11.5 Å². The summed E-state index contributed by atoms with van der Waals surface area (Å²) in [6, 6.07) is 4.44. The third kappa shape index (κ3) is 2.83. The molecule has 0 spiro atoms. The van der Waals surface area contributed by atoms with Gasteiger partial charge in [0.15, 0.2) is 0 Å². The van der Waals surface area contributed by atoms with E-state index in [0.29, 0.717) is 29.0 Å². The molecule has 1 fully saturated rings. The number of nitrogens with one attached hydrogen (secondary N) is 1. The third-order valence-corrected chi connectivity index (χ3v) is 3.22. The molecule has 0 saturated carbocycles. The maximum absolute atomic E-state index is 13.3. The highest BCUT2D eigenvalue weighted by Gasteiger charge is 2.22. The van der Waals surface area contributed by atoms with Gasteiger partial charge in [-0.15, -0.1) is 0 Å². The summed E-state index contributed by atoms with van der Waals surface area (Å²) in [6.07, 6.45) is -0.219. The molecule has 1 aromatic carbocycles. The van der Waals surface area contributed by atoms with Crippen molar-refractivity contribution in [3.05, 3.63) is 34.3 Å². The van der Waals surface area contributed by atoms with Crippen molar-refractivity contribution in [1.29, 1.82) is 0 Å². The number of halogens is 2. The predicted octanol–water partition coefficient (Wildman–Crippen LogP) is 2.30. The van der Waals surface area contributed by atoms with Crippen LogP contribution < -0.4 is 5.32 Å². The first-order chi connectivity index (χ1) is 9.22. The second-order valence-electron chi connectivity index (χ2n) is 4.18. The molecule has 0 aliphatic carbocycles. The molecule has 1 aromatic heterocycles. The van der Waals surface area contributed by atoms with E-state index in [0.717, 1.165) is 6.54 Å². The Morgan fingerprint density at radius 3 is 3.00 bits per heavy atom. The Morgan fingerprint density at radius 2 is 2.26 bits per heavy atom. The Morgan fingerprint density at radius 1 is 1.37 bits per heavy atom. The van der Waals surface area contributed by atoms with Gasteiger partial charge in [0.1, 0.15) is 11.9 Å². The highest BCUT2D eigenvalue weighted by Crippen LogP contribution is 2.25. The molecule has 1 N–H and O–H groups in total. The van der Waals surface area contributed by atoms with Crippen molar-refractivity contribution in [3.8, 4) is 11.5 Å². The van der Waals surface area contributed by atoms with Crippen molar-refractivity contribution in [3.63, 3.8) is 0 Å². The summed E-state index contributed by atoms with van der Waals surface area (Å²) < 4.78 is 24.6. The van der Waals surface area contributed by atoms with E-state index in [9.17, 15) is 4.39 Å². The predicted molar refractivity (Wildman–Crippen MR) is 69.0 cm³/mol. The maximum Gasteiger partial charge on any atom is 0.258 e. The second-order valence-corrected chi connectivity index (χ2v) is 5.10. The average molecular weight is 328 g/mol. The van der Waals surface area contributed by atoms with E-state index in [1.165, 1.54) is 12.1 Å². The van der Waals surface area contributed by atoms with Crippen molar-refractivity contribution in [2.24, 2.45) is 0 Å². The van der Waals surface area contributed by atoms with Crippen LogP contribution >= 0.6 is 15.9 Å². The van der Waals surface area contributed by atoms with E-state index < -0.39 is 0 Å². The first-order valence-electron chi connectivity index (χ1n) is 5.85. The van der Waals surface area contributed by atoms with Gasteiger partial charge in [-0.1, -0.05) is 21.1 Å². The van der Waals surface area contributed by atoms with Crippen LogP contribution in [0.2, 0.25) is 0 Å². The molecule has 19 heavy (non-hydrogen) atoms. The third-order valence-electron chi connectivity index (χ3n) is 2.77.